The van der Waals surface area contributed by atoms with Crippen molar-refractivity contribution in [3.05, 3.63) is 63.1 Å². The van der Waals surface area contributed by atoms with E-state index in [0.29, 0.717) is 10.0 Å². The van der Waals surface area contributed by atoms with Gasteiger partial charge in [-0.25, -0.2) is 0 Å². The van der Waals surface area contributed by atoms with Crippen molar-refractivity contribution < 1.29 is 0 Å². The van der Waals surface area contributed by atoms with Crippen molar-refractivity contribution in [3.63, 3.8) is 0 Å². The van der Waals surface area contributed by atoms with Crippen LogP contribution < -0.4 is 5.73 Å². The van der Waals surface area contributed by atoms with Crippen LogP contribution in [0, 0.1) is 0 Å². The van der Waals surface area contributed by atoms with E-state index in [1.165, 1.54) is 16.7 Å². The molecular formula is C16H13Cl2N. The van der Waals surface area contributed by atoms with E-state index in [9.17, 15) is 0 Å². The van der Waals surface area contributed by atoms with Gasteiger partial charge in [0.25, 0.3) is 0 Å². The predicted octanol–water partition coefficient (Wildman–Crippen LogP) is 5.06. The Morgan fingerprint density at radius 1 is 1.00 bits per heavy atom. The van der Waals surface area contributed by atoms with Gasteiger partial charge in [0.05, 0.1) is 0 Å². The molecule has 3 rings (SSSR count). The Kier molecular flexibility index (Phi) is 3.26. The lowest BCUT2D eigenvalue weighted by Gasteiger charge is -2.05. The number of fused-ring (bicyclic) bond motifs is 1. The zero-order chi connectivity index (χ0) is 13.4. The van der Waals surface area contributed by atoms with E-state index in [0.717, 1.165) is 24.1 Å². The van der Waals surface area contributed by atoms with Crippen LogP contribution in [0.1, 0.15) is 23.1 Å². The standard InChI is InChI=1S/C16H13Cl2N/c17-15-2-1-3-16(18)14(15)9-11-5-4-10-8-12(19)6-7-13(10)11/h1-3,6-9H,4-5,19H2. The summed E-state index contributed by atoms with van der Waals surface area (Å²) in [7, 11) is 0. The van der Waals surface area contributed by atoms with E-state index in [2.05, 4.69) is 12.1 Å². The highest BCUT2D eigenvalue weighted by molar-refractivity contribution is 6.37. The molecule has 3 heteroatoms. The van der Waals surface area contributed by atoms with E-state index in [-0.39, 0.29) is 0 Å². The lowest BCUT2D eigenvalue weighted by Crippen LogP contribution is -1.88. The number of hydrogen-bond donors (Lipinski definition) is 1. The summed E-state index contributed by atoms with van der Waals surface area (Å²) < 4.78 is 0. The van der Waals surface area contributed by atoms with Gasteiger partial charge in [-0.3, -0.25) is 0 Å². The molecule has 0 fully saturated rings. The summed E-state index contributed by atoms with van der Waals surface area (Å²) in [6.07, 6.45) is 4.11. The summed E-state index contributed by atoms with van der Waals surface area (Å²) in [6.45, 7) is 0. The highest BCUT2D eigenvalue weighted by Crippen LogP contribution is 2.37. The van der Waals surface area contributed by atoms with Crippen LogP contribution in [-0.4, -0.2) is 0 Å². The molecule has 0 radical (unpaired) electrons. The molecule has 0 heterocycles. The molecule has 1 aliphatic carbocycles. The number of allylic oxidation sites excluding steroid dienone is 1. The Bertz CT molecular complexity index is 654. The molecule has 2 N–H and O–H groups in total. The molecular weight excluding hydrogens is 277 g/mol. The molecule has 19 heavy (non-hydrogen) atoms. The summed E-state index contributed by atoms with van der Waals surface area (Å²) in [5, 5.41) is 1.37. The van der Waals surface area contributed by atoms with Crippen molar-refractivity contribution >= 4 is 40.5 Å². The molecule has 1 nitrogen and oxygen atoms in total. The highest BCUT2D eigenvalue weighted by atomic mass is 35.5. The number of nitrogens with two attached hydrogens (primary N) is 1. The maximum Gasteiger partial charge on any atom is 0.0493 e. The van der Waals surface area contributed by atoms with E-state index in [4.69, 9.17) is 28.9 Å². The summed E-state index contributed by atoms with van der Waals surface area (Å²) >= 11 is 12.4. The van der Waals surface area contributed by atoms with E-state index in [1.54, 1.807) is 0 Å². The smallest absolute Gasteiger partial charge is 0.0493 e. The Balaban J connectivity index is 2.08. The van der Waals surface area contributed by atoms with E-state index < -0.39 is 0 Å². The van der Waals surface area contributed by atoms with Gasteiger partial charge in [-0.1, -0.05) is 35.3 Å². The summed E-state index contributed by atoms with van der Waals surface area (Å²) in [4.78, 5) is 0. The van der Waals surface area contributed by atoms with Crippen LogP contribution >= 0.6 is 23.2 Å². The van der Waals surface area contributed by atoms with Gasteiger partial charge in [-0.05, 0) is 59.9 Å². The fraction of sp³-hybridized carbons (Fsp3) is 0.125. The lowest BCUT2D eigenvalue weighted by molar-refractivity contribution is 1.08. The third-order valence-electron chi connectivity index (χ3n) is 3.46. The predicted molar refractivity (Wildman–Crippen MR) is 83.5 cm³/mol. The second-order valence-corrected chi connectivity index (χ2v) is 5.54. The van der Waals surface area contributed by atoms with Crippen molar-refractivity contribution in [2.24, 2.45) is 0 Å². The average molecular weight is 290 g/mol. The topological polar surface area (TPSA) is 26.0 Å². The second kappa shape index (κ2) is 4.92. The quantitative estimate of drug-likeness (QED) is 0.730. The molecule has 0 spiro atoms. The Morgan fingerprint density at radius 3 is 2.47 bits per heavy atom. The SMILES string of the molecule is Nc1ccc2c(c1)CCC2=Cc1c(Cl)cccc1Cl. The van der Waals surface area contributed by atoms with Crippen LogP contribution in [0.25, 0.3) is 11.6 Å². The molecule has 0 aromatic heterocycles. The molecule has 0 saturated heterocycles. The molecule has 0 aliphatic heterocycles. The first-order chi connectivity index (χ1) is 9.15. The van der Waals surface area contributed by atoms with Crippen LogP contribution in [0.4, 0.5) is 5.69 Å². The van der Waals surface area contributed by atoms with Gasteiger partial charge in [0.1, 0.15) is 0 Å². The normalized spacial score (nSPS) is 15.8. The van der Waals surface area contributed by atoms with Crippen molar-refractivity contribution in [1.82, 2.24) is 0 Å². The Hall–Kier alpha value is -1.44. The van der Waals surface area contributed by atoms with Crippen LogP contribution in [0.2, 0.25) is 10.0 Å². The zero-order valence-electron chi connectivity index (χ0n) is 10.3. The molecule has 96 valence electrons. The highest BCUT2D eigenvalue weighted by Gasteiger charge is 2.17. The van der Waals surface area contributed by atoms with Gasteiger partial charge in [-0.15, -0.1) is 0 Å². The first-order valence-electron chi connectivity index (χ1n) is 6.18. The van der Waals surface area contributed by atoms with Crippen LogP contribution in [0.15, 0.2) is 36.4 Å². The number of halogens is 2. The lowest BCUT2D eigenvalue weighted by atomic mass is 10.0. The summed E-state index contributed by atoms with van der Waals surface area (Å²) in [6, 6.07) is 11.6. The van der Waals surface area contributed by atoms with Crippen molar-refractivity contribution in [3.8, 4) is 0 Å². The van der Waals surface area contributed by atoms with Gasteiger partial charge >= 0.3 is 0 Å². The van der Waals surface area contributed by atoms with Gasteiger partial charge in [-0.2, -0.15) is 0 Å². The van der Waals surface area contributed by atoms with Crippen molar-refractivity contribution in [2.45, 2.75) is 12.8 Å². The van der Waals surface area contributed by atoms with Crippen LogP contribution in [0.5, 0.6) is 0 Å². The molecule has 0 bridgehead atoms. The minimum absolute atomic E-state index is 0.684. The van der Waals surface area contributed by atoms with E-state index >= 15 is 0 Å². The number of rotatable bonds is 1. The molecule has 2 aromatic rings. The first kappa shape index (κ1) is 12.6. The number of hydrogen-bond acceptors (Lipinski definition) is 1. The minimum Gasteiger partial charge on any atom is -0.399 e. The van der Waals surface area contributed by atoms with Crippen molar-refractivity contribution in [1.29, 1.82) is 0 Å². The van der Waals surface area contributed by atoms with Gasteiger partial charge in [0.15, 0.2) is 0 Å². The first-order valence-corrected chi connectivity index (χ1v) is 6.94. The molecule has 1 aliphatic rings. The molecule has 0 saturated carbocycles. The zero-order valence-corrected chi connectivity index (χ0v) is 11.8. The molecule has 0 unspecified atom stereocenters. The van der Waals surface area contributed by atoms with Gasteiger partial charge < -0.3 is 5.73 Å². The third-order valence-corrected chi connectivity index (χ3v) is 4.12. The van der Waals surface area contributed by atoms with Crippen LogP contribution in [-0.2, 0) is 6.42 Å². The number of anilines is 1. The number of benzene rings is 2. The van der Waals surface area contributed by atoms with Gasteiger partial charge in [0, 0.05) is 21.3 Å². The maximum absolute atomic E-state index is 6.21. The van der Waals surface area contributed by atoms with Gasteiger partial charge in [0.2, 0.25) is 0 Å². The number of aryl methyl sites for hydroxylation is 1. The minimum atomic E-state index is 0.684. The largest absolute Gasteiger partial charge is 0.399 e. The maximum atomic E-state index is 6.21. The molecule has 0 amide bonds. The number of nitrogen functional groups attached to an aromatic ring is 1. The van der Waals surface area contributed by atoms with Crippen LogP contribution in [0.3, 0.4) is 0 Å². The Morgan fingerprint density at radius 2 is 1.74 bits per heavy atom. The average Bonchev–Trinajstić information content (AvgIpc) is 2.76. The van der Waals surface area contributed by atoms with Crippen molar-refractivity contribution in [2.75, 3.05) is 5.73 Å². The second-order valence-electron chi connectivity index (χ2n) is 4.72. The Labute approximate surface area is 122 Å². The third kappa shape index (κ3) is 2.36. The molecule has 0 atom stereocenters. The monoisotopic (exact) mass is 289 g/mol. The fourth-order valence-corrected chi connectivity index (χ4v) is 3.02. The van der Waals surface area contributed by atoms with E-state index in [1.807, 2.05) is 30.3 Å². The summed E-state index contributed by atoms with van der Waals surface area (Å²) in [5.74, 6) is 0. The fourth-order valence-electron chi connectivity index (χ4n) is 2.51. The summed E-state index contributed by atoms with van der Waals surface area (Å²) in [5.41, 5.74) is 11.3. The molecule has 2 aromatic carbocycles.